The molecule has 0 atom stereocenters. The van der Waals surface area contributed by atoms with Gasteiger partial charge in [0.05, 0.1) is 5.69 Å². The number of halogens is 2. The molecule has 1 aromatic rings. The first-order chi connectivity index (χ1) is 7.13. The van der Waals surface area contributed by atoms with E-state index in [2.05, 4.69) is 26.2 Å². The van der Waals surface area contributed by atoms with Crippen LogP contribution in [0, 0.1) is 5.82 Å². The van der Waals surface area contributed by atoms with Crippen molar-refractivity contribution in [2.75, 3.05) is 11.9 Å². The lowest BCUT2D eigenvalue weighted by molar-refractivity contribution is 0.632. The van der Waals surface area contributed by atoms with Crippen LogP contribution >= 0.6 is 15.9 Å². The molecule has 5 heteroatoms. The van der Waals surface area contributed by atoms with Gasteiger partial charge >= 0.3 is 0 Å². The molecule has 0 aliphatic carbocycles. The topological polar surface area (TPSA) is 50.4 Å². The van der Waals surface area contributed by atoms with Gasteiger partial charge < -0.3 is 11.1 Å². The monoisotopic (exact) mass is 273 g/mol. The molecule has 82 valence electrons. The minimum Gasteiger partial charge on any atom is -0.370 e. The van der Waals surface area contributed by atoms with Crippen molar-refractivity contribution in [1.29, 1.82) is 0 Å². The number of nitrogens with two attached hydrogens (primary N) is 1. The molecule has 3 nitrogen and oxygen atoms in total. The number of anilines is 1. The average molecular weight is 274 g/mol. The van der Waals surface area contributed by atoms with E-state index in [9.17, 15) is 4.39 Å². The summed E-state index contributed by atoms with van der Waals surface area (Å²) < 4.78 is 14.0. The van der Waals surface area contributed by atoms with Crippen LogP contribution in [0.2, 0.25) is 0 Å². The Morgan fingerprint density at radius 1 is 1.60 bits per heavy atom. The third-order valence-electron chi connectivity index (χ3n) is 1.70. The second-order valence-electron chi connectivity index (χ2n) is 3.02. The molecule has 3 N–H and O–H groups in total. The summed E-state index contributed by atoms with van der Waals surface area (Å²) in [5, 5.41) is 2.71. The minimum atomic E-state index is -0.354. The van der Waals surface area contributed by atoms with E-state index in [-0.39, 0.29) is 11.8 Å². The highest BCUT2D eigenvalue weighted by Gasteiger charge is 2.03. The van der Waals surface area contributed by atoms with Crippen molar-refractivity contribution in [1.82, 2.24) is 0 Å². The van der Waals surface area contributed by atoms with Gasteiger partial charge in [0.25, 0.3) is 0 Å². The molecule has 0 saturated heterocycles. The highest BCUT2D eigenvalue weighted by atomic mass is 79.9. The van der Waals surface area contributed by atoms with Crippen molar-refractivity contribution < 1.29 is 4.39 Å². The molecule has 0 spiro atoms. The number of guanidine groups is 1. The van der Waals surface area contributed by atoms with Crippen molar-refractivity contribution >= 4 is 27.6 Å². The Kier molecular flexibility index (Phi) is 4.55. The second kappa shape index (κ2) is 5.70. The van der Waals surface area contributed by atoms with Gasteiger partial charge in [0.2, 0.25) is 0 Å². The second-order valence-corrected chi connectivity index (χ2v) is 3.93. The number of nitrogens with one attached hydrogen (secondary N) is 1. The Labute approximate surface area is 96.7 Å². The Morgan fingerprint density at radius 3 is 3.00 bits per heavy atom. The van der Waals surface area contributed by atoms with Crippen LogP contribution < -0.4 is 11.1 Å². The summed E-state index contributed by atoms with van der Waals surface area (Å²) >= 11 is 3.25. The molecule has 0 heterocycles. The lowest BCUT2D eigenvalue weighted by Gasteiger charge is -2.06. The molecule has 0 unspecified atom stereocenters. The number of aliphatic imine (C=N–C) groups is 1. The molecule has 0 bridgehead atoms. The number of benzene rings is 1. The van der Waals surface area contributed by atoms with Gasteiger partial charge in [-0.05, 0) is 24.6 Å². The first-order valence-corrected chi connectivity index (χ1v) is 5.44. The molecule has 0 saturated carbocycles. The van der Waals surface area contributed by atoms with E-state index < -0.39 is 0 Å². The van der Waals surface area contributed by atoms with Gasteiger partial charge in [-0.25, -0.2) is 4.39 Å². The lowest BCUT2D eigenvalue weighted by atomic mass is 10.3. The molecule has 1 rings (SSSR count). The van der Waals surface area contributed by atoms with Gasteiger partial charge in [-0.3, -0.25) is 4.99 Å². The maximum Gasteiger partial charge on any atom is 0.193 e. The first kappa shape index (κ1) is 12.0. The van der Waals surface area contributed by atoms with E-state index in [0.29, 0.717) is 12.2 Å². The van der Waals surface area contributed by atoms with Crippen molar-refractivity contribution in [2.24, 2.45) is 10.7 Å². The summed E-state index contributed by atoms with van der Waals surface area (Å²) in [5.74, 6) is -0.123. The van der Waals surface area contributed by atoms with Gasteiger partial charge in [0.15, 0.2) is 5.96 Å². The van der Waals surface area contributed by atoms with Crippen molar-refractivity contribution in [3.8, 4) is 0 Å². The fourth-order valence-electron chi connectivity index (χ4n) is 1.00. The quantitative estimate of drug-likeness (QED) is 0.657. The Morgan fingerprint density at radius 2 is 2.33 bits per heavy atom. The lowest BCUT2D eigenvalue weighted by Crippen LogP contribution is -2.23. The van der Waals surface area contributed by atoms with Crippen LogP contribution in [0.1, 0.15) is 13.3 Å². The fraction of sp³-hybridized carbons (Fsp3) is 0.300. The summed E-state index contributed by atoms with van der Waals surface area (Å²) in [5.41, 5.74) is 5.89. The normalized spacial score (nSPS) is 11.5. The molecule has 0 amide bonds. The van der Waals surface area contributed by atoms with Crippen LogP contribution in [-0.4, -0.2) is 12.5 Å². The van der Waals surface area contributed by atoms with Crippen molar-refractivity contribution in [2.45, 2.75) is 13.3 Å². The zero-order valence-corrected chi connectivity index (χ0v) is 10.0. The highest BCUT2D eigenvalue weighted by molar-refractivity contribution is 9.10. The predicted octanol–water partition coefficient (Wildman–Crippen LogP) is 2.72. The van der Waals surface area contributed by atoms with Gasteiger partial charge in [0.1, 0.15) is 5.82 Å². The van der Waals surface area contributed by atoms with E-state index in [1.54, 1.807) is 12.1 Å². The standard InChI is InChI=1S/C10H13BrFN3/c1-2-5-14-10(13)15-9-6-7(11)3-4-8(9)12/h3-4,6H,2,5H2,1H3,(H3,13,14,15). The number of hydrogen-bond acceptors (Lipinski definition) is 1. The summed E-state index contributed by atoms with van der Waals surface area (Å²) in [6, 6.07) is 4.60. The zero-order valence-electron chi connectivity index (χ0n) is 8.43. The molecule has 15 heavy (non-hydrogen) atoms. The van der Waals surface area contributed by atoms with E-state index in [0.717, 1.165) is 10.9 Å². The van der Waals surface area contributed by atoms with E-state index in [1.165, 1.54) is 6.07 Å². The summed E-state index contributed by atoms with van der Waals surface area (Å²) in [6.45, 7) is 2.63. The van der Waals surface area contributed by atoms with Crippen LogP contribution in [0.4, 0.5) is 10.1 Å². The molecule has 0 aliphatic heterocycles. The zero-order chi connectivity index (χ0) is 11.3. The van der Waals surface area contributed by atoms with Gasteiger partial charge in [0, 0.05) is 11.0 Å². The van der Waals surface area contributed by atoms with Gasteiger partial charge in [-0.1, -0.05) is 22.9 Å². The maximum absolute atomic E-state index is 13.3. The SMILES string of the molecule is CCCN=C(N)Nc1cc(Br)ccc1F. The van der Waals surface area contributed by atoms with Crippen LogP contribution in [0.3, 0.4) is 0 Å². The molecular formula is C10H13BrFN3. The van der Waals surface area contributed by atoms with E-state index in [1.807, 2.05) is 6.92 Å². The molecular weight excluding hydrogens is 261 g/mol. The summed E-state index contributed by atoms with van der Waals surface area (Å²) in [6.07, 6.45) is 0.906. The third-order valence-corrected chi connectivity index (χ3v) is 2.19. The van der Waals surface area contributed by atoms with Gasteiger partial charge in [-0.15, -0.1) is 0 Å². The summed E-state index contributed by atoms with van der Waals surface area (Å²) in [7, 11) is 0. The fourth-order valence-corrected chi connectivity index (χ4v) is 1.36. The molecule has 1 aromatic carbocycles. The largest absolute Gasteiger partial charge is 0.370 e. The molecule has 0 aromatic heterocycles. The summed E-state index contributed by atoms with van der Waals surface area (Å²) in [4.78, 5) is 4.01. The number of hydrogen-bond donors (Lipinski definition) is 2. The van der Waals surface area contributed by atoms with Crippen LogP contribution in [0.25, 0.3) is 0 Å². The number of rotatable bonds is 3. The van der Waals surface area contributed by atoms with E-state index in [4.69, 9.17) is 5.73 Å². The number of nitrogens with zero attached hydrogens (tertiary/aromatic N) is 1. The highest BCUT2D eigenvalue weighted by Crippen LogP contribution is 2.19. The van der Waals surface area contributed by atoms with Crippen molar-refractivity contribution in [3.05, 3.63) is 28.5 Å². The minimum absolute atomic E-state index is 0.230. The first-order valence-electron chi connectivity index (χ1n) is 4.65. The predicted molar refractivity (Wildman–Crippen MR) is 64.5 cm³/mol. The van der Waals surface area contributed by atoms with Crippen molar-refractivity contribution in [3.63, 3.8) is 0 Å². The Bertz CT molecular complexity index is 366. The maximum atomic E-state index is 13.3. The third kappa shape index (κ3) is 3.87. The van der Waals surface area contributed by atoms with Crippen LogP contribution in [0.15, 0.2) is 27.7 Å². The van der Waals surface area contributed by atoms with Crippen LogP contribution in [-0.2, 0) is 0 Å². The molecule has 0 aliphatic rings. The Balaban J connectivity index is 2.75. The molecule has 0 radical (unpaired) electrons. The van der Waals surface area contributed by atoms with Gasteiger partial charge in [-0.2, -0.15) is 0 Å². The Hall–Kier alpha value is -1.10. The molecule has 0 fully saturated rings. The smallest absolute Gasteiger partial charge is 0.193 e. The van der Waals surface area contributed by atoms with E-state index >= 15 is 0 Å². The average Bonchev–Trinajstić information content (AvgIpc) is 2.20. The van der Waals surface area contributed by atoms with Crippen LogP contribution in [0.5, 0.6) is 0 Å².